The highest BCUT2D eigenvalue weighted by molar-refractivity contribution is 7.80. The summed E-state index contributed by atoms with van der Waals surface area (Å²) in [6.07, 6.45) is 1.46. The molecule has 1 unspecified atom stereocenters. The van der Waals surface area contributed by atoms with Crippen molar-refractivity contribution >= 4 is 28.9 Å². The molecule has 0 saturated carbocycles. The minimum atomic E-state index is -0.532. The predicted octanol–water partition coefficient (Wildman–Crippen LogP) is 2.28. The molecule has 2 heterocycles. The second-order valence-corrected chi connectivity index (χ2v) is 6.71. The number of amidine groups is 1. The van der Waals surface area contributed by atoms with Crippen LogP contribution in [0.3, 0.4) is 0 Å². The van der Waals surface area contributed by atoms with Crippen LogP contribution in [0.15, 0.2) is 40.9 Å². The number of rotatable bonds is 2. The topological polar surface area (TPSA) is 89.3 Å². The van der Waals surface area contributed by atoms with E-state index in [4.69, 9.17) is 23.4 Å². The molecular weight excluding hydrogens is 318 g/mol. The molecule has 0 radical (unpaired) electrons. The van der Waals surface area contributed by atoms with Crippen molar-refractivity contribution in [2.45, 2.75) is 19.4 Å². The van der Waals surface area contributed by atoms with E-state index < -0.39 is 11.3 Å². The van der Waals surface area contributed by atoms with Gasteiger partial charge in [0.05, 0.1) is 11.6 Å². The number of nitrogens with two attached hydrogens (primary N) is 1. The number of piperidine rings is 1. The van der Waals surface area contributed by atoms with Crippen molar-refractivity contribution in [1.82, 2.24) is 4.90 Å². The highest BCUT2D eigenvalue weighted by Gasteiger charge is 2.50. The van der Waals surface area contributed by atoms with Crippen molar-refractivity contribution in [2.75, 3.05) is 13.1 Å². The molecule has 5 nitrogen and oxygen atoms in total. The van der Waals surface area contributed by atoms with Crippen LogP contribution in [0.25, 0.3) is 0 Å². The Balaban J connectivity index is 1.82. The first-order valence-electron chi connectivity index (χ1n) is 7.95. The molecule has 24 heavy (non-hydrogen) atoms. The molecular formula is C18H19N5S. The van der Waals surface area contributed by atoms with Gasteiger partial charge in [0, 0.05) is 12.0 Å². The maximum atomic E-state index is 9.61. The van der Waals surface area contributed by atoms with Crippen molar-refractivity contribution in [1.29, 1.82) is 10.7 Å². The highest BCUT2D eigenvalue weighted by Crippen LogP contribution is 2.47. The fraction of sp³-hybridized carbons (Fsp3) is 0.389. The van der Waals surface area contributed by atoms with Gasteiger partial charge in [0.1, 0.15) is 16.7 Å². The van der Waals surface area contributed by atoms with Crippen molar-refractivity contribution in [2.24, 2.45) is 22.1 Å². The first-order chi connectivity index (χ1) is 11.6. The van der Waals surface area contributed by atoms with Crippen molar-refractivity contribution in [3.05, 3.63) is 41.5 Å². The number of nitrogens with zero attached hydrogens (tertiary/aromatic N) is 3. The van der Waals surface area contributed by atoms with Crippen molar-refractivity contribution in [3.63, 3.8) is 0 Å². The largest absolute Gasteiger partial charge is 0.386 e. The molecule has 3 rings (SSSR count). The third-order valence-corrected chi connectivity index (χ3v) is 5.34. The SMILES string of the molecule is N#CC1C(N)=NC(=S)C(=C=N)C12CCN(Cc1ccccc1)CC2. The third kappa shape index (κ3) is 2.78. The first-order valence-corrected chi connectivity index (χ1v) is 8.36. The van der Waals surface area contributed by atoms with Crippen LogP contribution in [0.4, 0.5) is 0 Å². The Morgan fingerprint density at radius 2 is 2.00 bits per heavy atom. The zero-order chi connectivity index (χ0) is 17.2. The zero-order valence-corrected chi connectivity index (χ0v) is 14.1. The molecule has 0 amide bonds. The molecule has 3 N–H and O–H groups in total. The monoisotopic (exact) mass is 337 g/mol. The Morgan fingerprint density at radius 1 is 1.33 bits per heavy atom. The van der Waals surface area contributed by atoms with Gasteiger partial charge in [-0.2, -0.15) is 5.26 Å². The summed E-state index contributed by atoms with van der Waals surface area (Å²) in [4.78, 5) is 6.77. The second-order valence-electron chi connectivity index (χ2n) is 6.32. The number of nitriles is 1. The standard InChI is InChI=1S/C18H19N5S/c19-10-14-16(21)22-17(24)15(11-20)18(14)6-8-23(9-7-18)12-13-4-2-1-3-5-13/h1-5,14,20H,6-9,12H2,(H2,21,22,24). The van der Waals surface area contributed by atoms with Gasteiger partial charge < -0.3 is 5.73 Å². The van der Waals surface area contributed by atoms with E-state index in [1.54, 1.807) is 0 Å². The molecule has 0 aromatic heterocycles. The smallest absolute Gasteiger partial charge is 0.141 e. The summed E-state index contributed by atoms with van der Waals surface area (Å²) in [5, 5.41) is 17.3. The van der Waals surface area contributed by atoms with Crippen LogP contribution in [-0.4, -0.2) is 34.7 Å². The number of thiocarbonyl (C=S) groups is 1. The molecule has 6 heteroatoms. The van der Waals surface area contributed by atoms with Crippen LogP contribution >= 0.6 is 12.2 Å². The lowest BCUT2D eigenvalue weighted by Gasteiger charge is -2.46. The summed E-state index contributed by atoms with van der Waals surface area (Å²) in [5.41, 5.74) is 7.30. The normalized spacial score (nSPS) is 23.5. The fourth-order valence-corrected chi connectivity index (χ4v) is 4.10. The Hall–Kier alpha value is -2.32. The molecule has 0 aliphatic carbocycles. The van der Waals surface area contributed by atoms with Gasteiger partial charge in [-0.3, -0.25) is 10.3 Å². The van der Waals surface area contributed by atoms with E-state index in [0.29, 0.717) is 10.6 Å². The van der Waals surface area contributed by atoms with Crippen molar-refractivity contribution < 1.29 is 0 Å². The van der Waals surface area contributed by atoms with Crippen LogP contribution in [0, 0.1) is 28.1 Å². The number of hydrogen-bond acceptors (Lipinski definition) is 5. The van der Waals surface area contributed by atoms with Gasteiger partial charge in [-0.1, -0.05) is 42.5 Å². The van der Waals surface area contributed by atoms with Gasteiger partial charge >= 0.3 is 0 Å². The summed E-state index contributed by atoms with van der Waals surface area (Å²) in [7, 11) is 0. The summed E-state index contributed by atoms with van der Waals surface area (Å²) < 4.78 is 0. The summed E-state index contributed by atoms with van der Waals surface area (Å²) in [5.74, 6) is 2.20. The van der Waals surface area contributed by atoms with E-state index in [-0.39, 0.29) is 5.84 Å². The minimum Gasteiger partial charge on any atom is -0.386 e. The van der Waals surface area contributed by atoms with Gasteiger partial charge in [0.25, 0.3) is 0 Å². The average Bonchev–Trinajstić information content (AvgIpc) is 2.58. The Morgan fingerprint density at radius 3 is 2.58 bits per heavy atom. The molecule has 2 aliphatic heterocycles. The van der Waals surface area contributed by atoms with E-state index in [0.717, 1.165) is 32.5 Å². The molecule has 1 spiro atoms. The number of aliphatic imine (C=N–C) groups is 1. The van der Waals surface area contributed by atoms with E-state index in [1.807, 2.05) is 18.2 Å². The summed E-state index contributed by atoms with van der Waals surface area (Å²) >= 11 is 5.28. The average molecular weight is 337 g/mol. The third-order valence-electron chi connectivity index (χ3n) is 5.04. The lowest BCUT2D eigenvalue weighted by atomic mass is 9.63. The number of nitrogens with one attached hydrogen (secondary N) is 1. The maximum Gasteiger partial charge on any atom is 0.141 e. The number of hydrogen-bond donors (Lipinski definition) is 2. The molecule has 122 valence electrons. The van der Waals surface area contributed by atoms with Gasteiger partial charge in [-0.05, 0) is 37.4 Å². The van der Waals surface area contributed by atoms with Crippen LogP contribution in [0.5, 0.6) is 0 Å². The Kier molecular flexibility index (Phi) is 4.59. The minimum absolute atomic E-state index is 0.276. The molecule has 0 bridgehead atoms. The van der Waals surface area contributed by atoms with Gasteiger partial charge in [0.2, 0.25) is 0 Å². The Labute approximate surface area is 147 Å². The summed E-state index contributed by atoms with van der Waals surface area (Å²) in [6.45, 7) is 2.54. The lowest BCUT2D eigenvalue weighted by molar-refractivity contribution is 0.117. The molecule has 2 aliphatic rings. The number of benzene rings is 1. The molecule has 1 aromatic carbocycles. The zero-order valence-electron chi connectivity index (χ0n) is 13.3. The lowest BCUT2D eigenvalue weighted by Crippen LogP contribution is -2.51. The quantitative estimate of drug-likeness (QED) is 0.492. The fourth-order valence-electron chi connectivity index (χ4n) is 3.74. The molecule has 1 aromatic rings. The summed E-state index contributed by atoms with van der Waals surface area (Å²) in [6, 6.07) is 12.6. The predicted molar refractivity (Wildman–Crippen MR) is 97.9 cm³/mol. The van der Waals surface area contributed by atoms with E-state index >= 15 is 0 Å². The highest BCUT2D eigenvalue weighted by atomic mass is 32.1. The van der Waals surface area contributed by atoms with E-state index in [9.17, 15) is 5.26 Å². The van der Waals surface area contributed by atoms with Crippen LogP contribution in [0.1, 0.15) is 18.4 Å². The van der Waals surface area contributed by atoms with Crippen LogP contribution < -0.4 is 5.73 Å². The molecule has 1 saturated heterocycles. The maximum absolute atomic E-state index is 9.61. The number of likely N-dealkylation sites (tertiary alicyclic amines) is 1. The van der Waals surface area contributed by atoms with Gasteiger partial charge in [-0.25, -0.2) is 4.99 Å². The van der Waals surface area contributed by atoms with E-state index in [1.165, 1.54) is 5.56 Å². The van der Waals surface area contributed by atoms with Gasteiger partial charge in [0.15, 0.2) is 0 Å². The Bertz CT molecular complexity index is 762. The second kappa shape index (κ2) is 6.66. The molecule has 1 fully saturated rings. The van der Waals surface area contributed by atoms with Crippen LogP contribution in [0.2, 0.25) is 0 Å². The molecule has 1 atom stereocenters. The van der Waals surface area contributed by atoms with E-state index in [2.05, 4.69) is 34.0 Å². The van der Waals surface area contributed by atoms with Gasteiger partial charge in [-0.15, -0.1) is 0 Å². The first kappa shape index (κ1) is 16.5. The van der Waals surface area contributed by atoms with Crippen LogP contribution in [-0.2, 0) is 6.54 Å². The van der Waals surface area contributed by atoms with Crippen molar-refractivity contribution in [3.8, 4) is 6.07 Å².